The van der Waals surface area contributed by atoms with E-state index in [1.54, 1.807) is 0 Å². The second kappa shape index (κ2) is 15.1. The molecule has 0 unspecified atom stereocenters. The number of pyridine rings is 1. The van der Waals surface area contributed by atoms with Crippen molar-refractivity contribution in [2.45, 2.75) is 0 Å². The van der Waals surface area contributed by atoms with Gasteiger partial charge in [-0.1, -0.05) is 164 Å². The topological polar surface area (TPSA) is 36.7 Å². The standard InChI is InChI=1S/C56H39N5/c1-39-49-37-50-48-32-17-18-33-53(48)60(47-31-19-26-43(34-47)52-36-44(40-20-7-2-8-21-40)35-51(57-52)41-22-9-3-10-23-41)54(50)38-55(49)61(46-29-15-6-16-30-46)58-56(42-24-11-4-12-25-42)59(39)45-27-13-5-14-28-45/h2-38H,1H2. The molecule has 0 amide bonds. The molecule has 0 spiro atoms. The van der Waals surface area contributed by atoms with Crippen LogP contribution >= 0.6 is 0 Å². The fourth-order valence-electron chi connectivity index (χ4n) is 8.56. The first-order valence-electron chi connectivity index (χ1n) is 20.5. The number of hydrazone groups is 1. The summed E-state index contributed by atoms with van der Waals surface area (Å²) in [6, 6.07) is 78.5. The lowest BCUT2D eigenvalue weighted by Gasteiger charge is -2.27. The van der Waals surface area contributed by atoms with Crippen molar-refractivity contribution in [3.8, 4) is 39.3 Å². The van der Waals surface area contributed by atoms with E-state index in [1.807, 2.05) is 24.3 Å². The number of hydrogen-bond donors (Lipinski definition) is 0. The van der Waals surface area contributed by atoms with E-state index in [-0.39, 0.29) is 0 Å². The number of rotatable bonds is 7. The summed E-state index contributed by atoms with van der Waals surface area (Å²) in [6.07, 6.45) is 0. The minimum atomic E-state index is 0.780. The van der Waals surface area contributed by atoms with E-state index in [1.165, 1.54) is 0 Å². The van der Waals surface area contributed by atoms with E-state index in [9.17, 15) is 0 Å². The molecule has 0 bridgehead atoms. The molecule has 1 aliphatic heterocycles. The van der Waals surface area contributed by atoms with Gasteiger partial charge in [0.2, 0.25) is 0 Å². The molecule has 0 fully saturated rings. The van der Waals surface area contributed by atoms with Crippen molar-refractivity contribution >= 4 is 50.4 Å². The van der Waals surface area contributed by atoms with Gasteiger partial charge in [-0.15, -0.1) is 5.10 Å². The van der Waals surface area contributed by atoms with Gasteiger partial charge in [-0.25, -0.2) is 9.99 Å². The Morgan fingerprint density at radius 2 is 0.918 bits per heavy atom. The maximum atomic E-state index is 5.55. The summed E-state index contributed by atoms with van der Waals surface area (Å²) in [5, 5.41) is 9.90. The van der Waals surface area contributed by atoms with E-state index >= 15 is 0 Å². The highest BCUT2D eigenvalue weighted by molar-refractivity contribution is 6.21. The average Bonchev–Trinajstić information content (AvgIpc) is 3.60. The molecule has 0 aliphatic carbocycles. The Hall–Kier alpha value is -8.28. The van der Waals surface area contributed by atoms with Crippen LogP contribution in [0.4, 0.5) is 17.1 Å². The molecule has 11 rings (SSSR count). The van der Waals surface area contributed by atoms with Gasteiger partial charge in [-0.05, 0) is 77.9 Å². The molecule has 0 N–H and O–H groups in total. The van der Waals surface area contributed by atoms with Crippen molar-refractivity contribution in [3.05, 3.63) is 242 Å². The number of hydrogen-bond acceptors (Lipinski definition) is 4. The van der Waals surface area contributed by atoms with Gasteiger partial charge in [0.1, 0.15) is 0 Å². The van der Waals surface area contributed by atoms with Gasteiger partial charge in [0.15, 0.2) is 5.84 Å². The quantitative estimate of drug-likeness (QED) is 0.162. The first-order chi connectivity index (χ1) is 30.2. The van der Waals surface area contributed by atoms with Crippen LogP contribution < -0.4 is 9.91 Å². The van der Waals surface area contributed by atoms with Crippen molar-refractivity contribution in [2.75, 3.05) is 9.91 Å². The van der Waals surface area contributed by atoms with Gasteiger partial charge in [0.05, 0.1) is 33.8 Å². The predicted molar refractivity (Wildman–Crippen MR) is 254 cm³/mol. The Balaban J connectivity index is 1.14. The van der Waals surface area contributed by atoms with E-state index in [4.69, 9.17) is 16.7 Å². The Kier molecular flexibility index (Phi) is 8.90. The lowest BCUT2D eigenvalue weighted by molar-refractivity contribution is 1.08. The Bertz CT molecular complexity index is 3190. The highest BCUT2D eigenvalue weighted by atomic mass is 15.5. The van der Waals surface area contributed by atoms with E-state index in [0.29, 0.717) is 0 Å². The number of anilines is 3. The van der Waals surface area contributed by atoms with Gasteiger partial charge in [-0.2, -0.15) is 0 Å². The normalized spacial score (nSPS) is 12.7. The minimum Gasteiger partial charge on any atom is -0.309 e. The van der Waals surface area contributed by atoms with Gasteiger partial charge >= 0.3 is 0 Å². The highest BCUT2D eigenvalue weighted by Gasteiger charge is 2.30. The summed E-state index contributed by atoms with van der Waals surface area (Å²) < 4.78 is 2.38. The van der Waals surface area contributed by atoms with Crippen LogP contribution in [0, 0.1) is 0 Å². The number of nitrogens with zero attached hydrogens (tertiary/aromatic N) is 5. The summed E-state index contributed by atoms with van der Waals surface area (Å²) in [7, 11) is 0. The molecule has 8 aromatic carbocycles. The minimum absolute atomic E-state index is 0.780. The van der Waals surface area contributed by atoms with Crippen LogP contribution in [0.25, 0.3) is 66.8 Å². The predicted octanol–water partition coefficient (Wildman–Crippen LogP) is 14.2. The van der Waals surface area contributed by atoms with Gasteiger partial charge in [0, 0.05) is 50.1 Å². The van der Waals surface area contributed by atoms with Crippen LogP contribution in [0.3, 0.4) is 0 Å². The fraction of sp³-hybridized carbons (Fsp3) is 0. The van der Waals surface area contributed by atoms with Gasteiger partial charge in [0.25, 0.3) is 0 Å². The summed E-state index contributed by atoms with van der Waals surface area (Å²) in [4.78, 5) is 7.47. The van der Waals surface area contributed by atoms with Crippen LogP contribution in [0.5, 0.6) is 0 Å². The molecule has 10 aromatic rings. The second-order valence-corrected chi connectivity index (χ2v) is 15.2. The lowest BCUT2D eigenvalue weighted by Crippen LogP contribution is -2.30. The zero-order chi connectivity index (χ0) is 40.7. The second-order valence-electron chi connectivity index (χ2n) is 15.2. The van der Waals surface area contributed by atoms with Crippen LogP contribution in [0.1, 0.15) is 11.1 Å². The number of aromatic nitrogens is 2. The molecular weight excluding hydrogens is 743 g/mol. The largest absolute Gasteiger partial charge is 0.309 e. The van der Waals surface area contributed by atoms with Gasteiger partial charge < -0.3 is 4.57 Å². The molecule has 1 aliphatic rings. The lowest BCUT2D eigenvalue weighted by atomic mass is 10.00. The summed E-state index contributed by atoms with van der Waals surface area (Å²) >= 11 is 0. The average molecular weight is 782 g/mol. The highest BCUT2D eigenvalue weighted by Crippen LogP contribution is 2.45. The Morgan fingerprint density at radius 3 is 1.61 bits per heavy atom. The molecule has 5 heteroatoms. The van der Waals surface area contributed by atoms with Crippen LogP contribution in [-0.4, -0.2) is 15.4 Å². The molecule has 0 atom stereocenters. The number of amidine groups is 1. The zero-order valence-corrected chi connectivity index (χ0v) is 33.3. The van der Waals surface area contributed by atoms with E-state index < -0.39 is 0 Å². The molecule has 0 radical (unpaired) electrons. The smallest absolute Gasteiger partial charge is 0.165 e. The van der Waals surface area contributed by atoms with Gasteiger partial charge in [-0.3, -0.25) is 4.90 Å². The Morgan fingerprint density at radius 1 is 0.377 bits per heavy atom. The third kappa shape index (κ3) is 6.46. The monoisotopic (exact) mass is 781 g/mol. The molecule has 3 heterocycles. The van der Waals surface area contributed by atoms with Crippen molar-refractivity contribution < 1.29 is 0 Å². The molecule has 61 heavy (non-hydrogen) atoms. The molecule has 5 nitrogen and oxygen atoms in total. The fourth-order valence-corrected chi connectivity index (χ4v) is 8.56. The molecule has 0 saturated carbocycles. The zero-order valence-electron chi connectivity index (χ0n) is 33.3. The SMILES string of the molecule is C=C1c2cc3c4ccccc4n(-c4cccc(-c5cc(-c6ccccc6)cc(-c6ccccc6)n5)c4)c3cc2N(c2ccccc2)N=C(c2ccccc2)N1c1ccccc1. The van der Waals surface area contributed by atoms with Crippen LogP contribution in [-0.2, 0) is 0 Å². The maximum absolute atomic E-state index is 5.55. The molecular formula is C56H39N5. The van der Waals surface area contributed by atoms with Crippen LogP contribution in [0.2, 0.25) is 0 Å². The van der Waals surface area contributed by atoms with Crippen molar-refractivity contribution in [2.24, 2.45) is 5.10 Å². The van der Waals surface area contributed by atoms with Crippen molar-refractivity contribution in [1.82, 2.24) is 9.55 Å². The third-order valence-electron chi connectivity index (χ3n) is 11.5. The number of fused-ring (bicyclic) bond motifs is 4. The molecule has 2 aromatic heterocycles. The van der Waals surface area contributed by atoms with Crippen LogP contribution in [0.15, 0.2) is 236 Å². The Labute approximate surface area is 355 Å². The first kappa shape index (κ1) is 35.8. The molecule has 288 valence electrons. The summed E-state index contributed by atoms with van der Waals surface area (Å²) in [5.74, 6) is 0.780. The van der Waals surface area contributed by atoms with Crippen molar-refractivity contribution in [1.29, 1.82) is 0 Å². The summed E-state index contributed by atoms with van der Waals surface area (Å²) in [6.45, 7) is 4.84. The van der Waals surface area contributed by atoms with E-state index in [2.05, 4.69) is 215 Å². The summed E-state index contributed by atoms with van der Waals surface area (Å²) in [5.41, 5.74) is 15.1. The number of para-hydroxylation sites is 3. The number of benzene rings is 8. The van der Waals surface area contributed by atoms with Crippen molar-refractivity contribution in [3.63, 3.8) is 0 Å². The molecule has 0 saturated heterocycles. The third-order valence-corrected chi connectivity index (χ3v) is 11.5. The first-order valence-corrected chi connectivity index (χ1v) is 20.5. The van der Waals surface area contributed by atoms with E-state index in [0.717, 1.165) is 101 Å². The maximum Gasteiger partial charge on any atom is 0.165 e.